The number of aromatic nitrogens is 1. The zero-order valence-electron chi connectivity index (χ0n) is 17.2. The molecule has 0 N–H and O–H groups in total. The van der Waals surface area contributed by atoms with E-state index in [1.165, 1.54) is 27.1 Å². The van der Waals surface area contributed by atoms with Crippen molar-refractivity contribution in [1.82, 2.24) is 13.8 Å². The Bertz CT molecular complexity index is 1090. The van der Waals surface area contributed by atoms with Crippen LogP contribution in [0.3, 0.4) is 0 Å². The van der Waals surface area contributed by atoms with Crippen LogP contribution in [0.5, 0.6) is 0 Å². The van der Waals surface area contributed by atoms with E-state index in [0.717, 1.165) is 6.42 Å². The van der Waals surface area contributed by atoms with E-state index in [1.54, 1.807) is 4.90 Å². The lowest BCUT2D eigenvalue weighted by Crippen LogP contribution is -2.44. The van der Waals surface area contributed by atoms with Crippen molar-refractivity contribution in [3.05, 3.63) is 28.7 Å². The summed E-state index contributed by atoms with van der Waals surface area (Å²) in [6.07, 6.45) is 1.08. The first kappa shape index (κ1) is 21.1. The minimum absolute atomic E-state index is 0.0582. The summed E-state index contributed by atoms with van der Waals surface area (Å²) in [5, 5.41) is 0. The van der Waals surface area contributed by atoms with Crippen molar-refractivity contribution in [2.24, 2.45) is 11.8 Å². The van der Waals surface area contributed by atoms with Crippen molar-refractivity contribution in [2.75, 3.05) is 39.4 Å². The Morgan fingerprint density at radius 3 is 2.47 bits per heavy atom. The van der Waals surface area contributed by atoms with Gasteiger partial charge in [0, 0.05) is 32.2 Å². The first-order valence-corrected chi connectivity index (χ1v) is 11.7. The normalized spacial score (nSPS) is 23.7. The lowest BCUT2D eigenvalue weighted by molar-refractivity contribution is -0.134. The van der Waals surface area contributed by atoms with Crippen molar-refractivity contribution in [3.8, 4) is 0 Å². The average Bonchev–Trinajstić information content (AvgIpc) is 3.02. The highest BCUT2D eigenvalue weighted by molar-refractivity contribution is 7.89. The number of hydrogen-bond donors (Lipinski definition) is 0. The number of carbonyl (C=O) groups is 1. The first-order chi connectivity index (χ1) is 14.3. The number of hydrogen-bond acceptors (Lipinski definition) is 6. The van der Waals surface area contributed by atoms with Gasteiger partial charge in [-0.1, -0.05) is 13.8 Å². The van der Waals surface area contributed by atoms with E-state index >= 15 is 0 Å². The van der Waals surface area contributed by atoms with Crippen molar-refractivity contribution < 1.29 is 22.4 Å². The minimum Gasteiger partial charge on any atom is -0.408 e. The molecule has 4 rings (SSSR count). The fourth-order valence-electron chi connectivity index (χ4n) is 4.39. The van der Waals surface area contributed by atoms with Crippen molar-refractivity contribution in [3.63, 3.8) is 0 Å². The molecule has 9 nitrogen and oxygen atoms in total. The Kier molecular flexibility index (Phi) is 5.73. The predicted octanol–water partition coefficient (Wildman–Crippen LogP) is 1.12. The monoisotopic (exact) mass is 437 g/mol. The third-order valence-electron chi connectivity index (χ3n) is 5.76. The van der Waals surface area contributed by atoms with Crippen LogP contribution in [0.25, 0.3) is 11.1 Å². The smallest absolute Gasteiger partial charge is 0.408 e. The van der Waals surface area contributed by atoms with E-state index in [1.807, 2.05) is 0 Å². The summed E-state index contributed by atoms with van der Waals surface area (Å²) in [7, 11) is -3.70. The van der Waals surface area contributed by atoms with Crippen molar-refractivity contribution in [1.29, 1.82) is 0 Å². The number of carbonyl (C=O) groups excluding carboxylic acids is 1. The topological polar surface area (TPSA) is 102 Å². The molecular weight excluding hydrogens is 410 g/mol. The van der Waals surface area contributed by atoms with Gasteiger partial charge in [-0.15, -0.1) is 0 Å². The highest BCUT2D eigenvalue weighted by Gasteiger charge is 2.29. The van der Waals surface area contributed by atoms with Crippen LogP contribution in [0.4, 0.5) is 0 Å². The maximum absolute atomic E-state index is 12.9. The summed E-state index contributed by atoms with van der Waals surface area (Å²) in [5.41, 5.74) is 0.565. The molecule has 2 aliphatic heterocycles. The van der Waals surface area contributed by atoms with Crippen LogP contribution in [-0.4, -0.2) is 67.5 Å². The maximum Gasteiger partial charge on any atom is 0.420 e. The SMILES string of the molecule is CC1CC(C)CN(C(=O)Cn2c(=O)oc3cc(S(=O)(=O)N4CCOCC4)ccc32)C1. The Morgan fingerprint density at radius 2 is 1.80 bits per heavy atom. The van der Waals surface area contributed by atoms with E-state index in [0.29, 0.717) is 43.7 Å². The quantitative estimate of drug-likeness (QED) is 0.710. The zero-order chi connectivity index (χ0) is 21.5. The van der Waals surface area contributed by atoms with Crippen LogP contribution >= 0.6 is 0 Å². The lowest BCUT2D eigenvalue weighted by Gasteiger charge is -2.35. The van der Waals surface area contributed by atoms with Crippen LogP contribution in [0, 0.1) is 11.8 Å². The van der Waals surface area contributed by atoms with E-state index in [2.05, 4.69) is 13.8 Å². The van der Waals surface area contributed by atoms with Crippen LogP contribution in [0.1, 0.15) is 20.3 Å². The number of piperidine rings is 1. The molecule has 0 radical (unpaired) electrons. The second kappa shape index (κ2) is 8.16. The van der Waals surface area contributed by atoms with E-state index in [-0.39, 0.29) is 36.0 Å². The number of morpholine rings is 1. The number of benzene rings is 1. The van der Waals surface area contributed by atoms with Crippen LogP contribution in [0.2, 0.25) is 0 Å². The third-order valence-corrected chi connectivity index (χ3v) is 7.66. The van der Waals surface area contributed by atoms with Crippen LogP contribution in [-0.2, 0) is 26.1 Å². The number of oxazole rings is 1. The van der Waals surface area contributed by atoms with E-state index in [9.17, 15) is 18.0 Å². The summed E-state index contributed by atoms with van der Waals surface area (Å²) in [6, 6.07) is 4.34. The van der Waals surface area contributed by atoms with Gasteiger partial charge < -0.3 is 14.1 Å². The Balaban J connectivity index is 1.59. The summed E-state index contributed by atoms with van der Waals surface area (Å²) >= 11 is 0. The molecule has 2 saturated heterocycles. The van der Waals surface area contributed by atoms with E-state index in [4.69, 9.17) is 9.15 Å². The molecule has 3 heterocycles. The van der Waals surface area contributed by atoms with Gasteiger partial charge in [0.15, 0.2) is 5.58 Å². The molecule has 2 aromatic rings. The third kappa shape index (κ3) is 4.03. The van der Waals surface area contributed by atoms with Crippen molar-refractivity contribution in [2.45, 2.75) is 31.7 Å². The molecule has 2 unspecified atom stereocenters. The molecule has 2 atom stereocenters. The number of rotatable bonds is 4. The summed E-state index contributed by atoms with van der Waals surface area (Å²) in [6.45, 7) is 6.73. The lowest BCUT2D eigenvalue weighted by atomic mass is 9.92. The summed E-state index contributed by atoms with van der Waals surface area (Å²) in [5.74, 6) is 0.0347. The van der Waals surface area contributed by atoms with Gasteiger partial charge in [0.25, 0.3) is 0 Å². The number of nitrogens with zero attached hydrogens (tertiary/aromatic N) is 3. The van der Waals surface area contributed by atoms with Gasteiger partial charge in [0.05, 0.1) is 23.6 Å². The van der Waals surface area contributed by atoms with Gasteiger partial charge in [-0.3, -0.25) is 9.36 Å². The van der Waals surface area contributed by atoms with Crippen molar-refractivity contribution >= 4 is 27.0 Å². The number of likely N-dealkylation sites (tertiary alicyclic amines) is 1. The highest BCUT2D eigenvalue weighted by Crippen LogP contribution is 2.24. The molecule has 0 bridgehead atoms. The standard InChI is InChI=1S/C20H27N3O6S/c1-14-9-15(2)12-21(11-14)19(24)13-23-17-4-3-16(10-18(17)29-20(23)25)30(26,27)22-5-7-28-8-6-22/h3-4,10,14-15H,5-9,11-13H2,1-2H3. The first-order valence-electron chi connectivity index (χ1n) is 10.2. The Morgan fingerprint density at radius 1 is 1.13 bits per heavy atom. The molecule has 0 spiro atoms. The van der Waals surface area contributed by atoms with Gasteiger partial charge in [0.2, 0.25) is 15.9 Å². The van der Waals surface area contributed by atoms with Crippen LogP contribution in [0.15, 0.2) is 32.3 Å². The number of amides is 1. The average molecular weight is 438 g/mol. The molecule has 0 aliphatic carbocycles. The molecule has 2 aliphatic rings. The zero-order valence-corrected chi connectivity index (χ0v) is 18.1. The van der Waals surface area contributed by atoms with Gasteiger partial charge in [-0.2, -0.15) is 4.31 Å². The number of fused-ring (bicyclic) bond motifs is 1. The Hall–Kier alpha value is -2.17. The summed E-state index contributed by atoms with van der Waals surface area (Å²) in [4.78, 5) is 27.0. The molecule has 1 aromatic carbocycles. The van der Waals surface area contributed by atoms with E-state index < -0.39 is 15.8 Å². The van der Waals surface area contributed by atoms with Gasteiger partial charge in [-0.05, 0) is 30.4 Å². The molecule has 30 heavy (non-hydrogen) atoms. The second-order valence-electron chi connectivity index (χ2n) is 8.34. The largest absolute Gasteiger partial charge is 0.420 e. The molecule has 1 amide bonds. The number of sulfonamides is 1. The fourth-order valence-corrected chi connectivity index (χ4v) is 5.82. The summed E-state index contributed by atoms with van der Waals surface area (Å²) < 4.78 is 38.8. The predicted molar refractivity (Wildman–Crippen MR) is 110 cm³/mol. The number of ether oxygens (including phenoxy) is 1. The maximum atomic E-state index is 12.9. The fraction of sp³-hybridized carbons (Fsp3) is 0.600. The minimum atomic E-state index is -3.70. The van der Waals surface area contributed by atoms with Crippen LogP contribution < -0.4 is 5.76 Å². The Labute approximate surface area is 175 Å². The van der Waals surface area contributed by atoms with Gasteiger partial charge in [-0.25, -0.2) is 13.2 Å². The molecule has 0 saturated carbocycles. The van der Waals surface area contributed by atoms with Gasteiger partial charge in [0.1, 0.15) is 6.54 Å². The molecule has 10 heteroatoms. The highest BCUT2D eigenvalue weighted by atomic mass is 32.2. The molecule has 2 fully saturated rings. The molecule has 164 valence electrons. The molecule has 1 aromatic heterocycles. The second-order valence-corrected chi connectivity index (χ2v) is 10.3. The van der Waals surface area contributed by atoms with Gasteiger partial charge >= 0.3 is 5.76 Å². The molecular formula is C20H27N3O6S.